The highest BCUT2D eigenvalue weighted by atomic mass is 16.5. The van der Waals surface area contributed by atoms with Crippen molar-refractivity contribution in [2.24, 2.45) is 0 Å². The first kappa shape index (κ1) is 15.9. The van der Waals surface area contributed by atoms with Crippen LogP contribution in [-0.2, 0) is 4.74 Å². The minimum Gasteiger partial charge on any atom is -0.465 e. The van der Waals surface area contributed by atoms with Gasteiger partial charge in [0.2, 0.25) is 0 Å². The van der Waals surface area contributed by atoms with Crippen molar-refractivity contribution >= 4 is 28.5 Å². The molecule has 0 saturated heterocycles. The summed E-state index contributed by atoms with van der Waals surface area (Å²) in [5.74, 6) is 0.655. The van der Waals surface area contributed by atoms with Gasteiger partial charge in [-0.15, -0.1) is 0 Å². The molecule has 1 aromatic carbocycles. The molecule has 1 aliphatic carbocycles. The quantitative estimate of drug-likeness (QED) is 0.723. The molecule has 1 saturated carbocycles. The van der Waals surface area contributed by atoms with Crippen LogP contribution in [0.2, 0.25) is 0 Å². The Hall–Kier alpha value is -2.56. The smallest absolute Gasteiger partial charge is 0.341 e. The molecular weight excluding hydrogens is 314 g/mol. The number of esters is 1. The van der Waals surface area contributed by atoms with Gasteiger partial charge >= 0.3 is 5.97 Å². The summed E-state index contributed by atoms with van der Waals surface area (Å²) in [4.78, 5) is 17.1. The topological polar surface area (TPSA) is 55.6 Å². The van der Waals surface area contributed by atoms with Gasteiger partial charge in [0.1, 0.15) is 11.4 Å². The molecule has 0 unspecified atom stereocenters. The Labute approximate surface area is 147 Å². The van der Waals surface area contributed by atoms with E-state index >= 15 is 0 Å². The van der Waals surface area contributed by atoms with Crippen molar-refractivity contribution < 1.29 is 9.53 Å². The summed E-state index contributed by atoms with van der Waals surface area (Å²) in [6.07, 6.45) is 6.23. The molecule has 2 heterocycles. The minimum atomic E-state index is -0.345. The van der Waals surface area contributed by atoms with E-state index in [1.165, 1.54) is 39.2 Å². The van der Waals surface area contributed by atoms with Gasteiger partial charge in [-0.1, -0.05) is 31.4 Å². The Bertz CT molecular complexity index is 939. The molecule has 25 heavy (non-hydrogen) atoms. The lowest BCUT2D eigenvalue weighted by atomic mass is 9.95. The van der Waals surface area contributed by atoms with Gasteiger partial charge in [0, 0.05) is 6.04 Å². The van der Waals surface area contributed by atoms with E-state index in [0.717, 1.165) is 22.4 Å². The van der Waals surface area contributed by atoms with Crippen LogP contribution >= 0.6 is 0 Å². The second-order valence-electron chi connectivity index (χ2n) is 6.82. The van der Waals surface area contributed by atoms with E-state index in [1.54, 1.807) is 0 Å². The van der Waals surface area contributed by atoms with Crippen LogP contribution in [0.4, 0.5) is 5.82 Å². The number of hydrogen-bond acceptors (Lipinski definition) is 4. The predicted octanol–water partition coefficient (Wildman–Crippen LogP) is 4.33. The van der Waals surface area contributed by atoms with Crippen LogP contribution in [0.5, 0.6) is 0 Å². The molecule has 130 valence electrons. The third kappa shape index (κ3) is 2.73. The molecule has 5 nitrogen and oxygen atoms in total. The summed E-state index contributed by atoms with van der Waals surface area (Å²) in [7, 11) is 1.41. The van der Waals surface area contributed by atoms with Gasteiger partial charge in [-0.3, -0.25) is 4.40 Å². The molecule has 3 aromatic rings. The van der Waals surface area contributed by atoms with Crippen LogP contribution in [0.25, 0.3) is 16.7 Å². The Kier molecular flexibility index (Phi) is 4.07. The first-order chi connectivity index (χ1) is 12.2. The van der Waals surface area contributed by atoms with Crippen molar-refractivity contribution in [2.75, 3.05) is 12.4 Å². The zero-order valence-corrected chi connectivity index (χ0v) is 14.7. The van der Waals surface area contributed by atoms with E-state index in [1.807, 2.05) is 37.3 Å². The van der Waals surface area contributed by atoms with E-state index in [2.05, 4.69) is 9.72 Å². The van der Waals surface area contributed by atoms with Crippen molar-refractivity contribution in [3.8, 4) is 0 Å². The van der Waals surface area contributed by atoms with Gasteiger partial charge in [0.05, 0.1) is 18.1 Å². The highest BCUT2D eigenvalue weighted by Gasteiger charge is 2.22. The highest BCUT2D eigenvalue weighted by molar-refractivity contribution is 6.00. The maximum absolute atomic E-state index is 12.3. The highest BCUT2D eigenvalue weighted by Crippen LogP contribution is 2.29. The molecule has 0 spiro atoms. The lowest BCUT2D eigenvalue weighted by Crippen LogP contribution is -2.24. The van der Waals surface area contributed by atoms with Crippen molar-refractivity contribution in [1.29, 1.82) is 0 Å². The number of pyridine rings is 1. The second-order valence-corrected chi connectivity index (χ2v) is 6.82. The molecule has 1 fully saturated rings. The fourth-order valence-electron chi connectivity index (χ4n) is 3.87. The maximum atomic E-state index is 12.3. The number of nitrogens with zero attached hydrogens (tertiary/aromatic N) is 2. The third-order valence-electron chi connectivity index (χ3n) is 5.12. The summed E-state index contributed by atoms with van der Waals surface area (Å²) in [5.41, 5.74) is 3.96. The molecule has 0 bridgehead atoms. The zero-order chi connectivity index (χ0) is 17.4. The second kappa shape index (κ2) is 6.39. The van der Waals surface area contributed by atoms with Crippen LogP contribution in [0, 0.1) is 6.92 Å². The fourth-order valence-corrected chi connectivity index (χ4v) is 3.87. The van der Waals surface area contributed by atoms with Crippen molar-refractivity contribution in [3.63, 3.8) is 0 Å². The number of imidazole rings is 1. The van der Waals surface area contributed by atoms with Crippen LogP contribution < -0.4 is 5.32 Å². The van der Waals surface area contributed by atoms with Crippen LogP contribution in [0.1, 0.15) is 48.0 Å². The SMILES string of the molecule is COC(=O)c1c(C)cc(NC2CCCCC2)n2c1nc1ccccc12. The van der Waals surface area contributed by atoms with Gasteiger partial charge in [-0.05, 0) is 43.5 Å². The average molecular weight is 337 g/mol. The lowest BCUT2D eigenvalue weighted by Gasteiger charge is -2.25. The van der Waals surface area contributed by atoms with E-state index in [0.29, 0.717) is 17.3 Å². The molecule has 2 aromatic heterocycles. The summed E-state index contributed by atoms with van der Waals surface area (Å²) in [6, 6.07) is 10.5. The van der Waals surface area contributed by atoms with E-state index in [9.17, 15) is 4.79 Å². The monoisotopic (exact) mass is 337 g/mol. The number of aromatic nitrogens is 2. The largest absolute Gasteiger partial charge is 0.465 e. The number of carbonyl (C=O) groups excluding carboxylic acids is 1. The molecule has 0 radical (unpaired) electrons. The number of anilines is 1. The molecule has 5 heteroatoms. The van der Waals surface area contributed by atoms with E-state index in [4.69, 9.17) is 9.72 Å². The number of hydrogen-bond donors (Lipinski definition) is 1. The van der Waals surface area contributed by atoms with E-state index in [-0.39, 0.29) is 5.97 Å². The molecular formula is C20H23N3O2. The molecule has 1 aliphatic rings. The summed E-state index contributed by atoms with van der Waals surface area (Å²) < 4.78 is 7.06. The van der Waals surface area contributed by atoms with Crippen LogP contribution in [0.3, 0.4) is 0 Å². The van der Waals surface area contributed by atoms with Gasteiger partial charge < -0.3 is 10.1 Å². The number of rotatable bonds is 3. The third-order valence-corrected chi connectivity index (χ3v) is 5.12. The number of para-hydroxylation sites is 2. The van der Waals surface area contributed by atoms with Crippen molar-refractivity contribution in [2.45, 2.75) is 45.1 Å². The fraction of sp³-hybridized carbons (Fsp3) is 0.400. The molecule has 0 amide bonds. The number of aryl methyl sites for hydroxylation is 1. The first-order valence-corrected chi connectivity index (χ1v) is 8.94. The van der Waals surface area contributed by atoms with Gasteiger partial charge in [0.25, 0.3) is 0 Å². The van der Waals surface area contributed by atoms with Crippen molar-refractivity contribution in [1.82, 2.24) is 9.38 Å². The standard InChI is InChI=1S/C20H23N3O2/c1-13-12-17(21-14-8-4-3-5-9-14)23-16-11-7-6-10-15(16)22-19(23)18(13)20(24)25-2/h6-7,10-12,14,21H,3-5,8-9H2,1-2H3. The van der Waals surface area contributed by atoms with Gasteiger partial charge in [-0.2, -0.15) is 0 Å². The molecule has 0 aliphatic heterocycles. The number of fused-ring (bicyclic) bond motifs is 3. The van der Waals surface area contributed by atoms with Gasteiger partial charge in [0.15, 0.2) is 5.65 Å². The number of nitrogens with one attached hydrogen (secondary N) is 1. The summed E-state index contributed by atoms with van der Waals surface area (Å²) in [6.45, 7) is 1.94. The van der Waals surface area contributed by atoms with Gasteiger partial charge in [-0.25, -0.2) is 9.78 Å². The molecule has 0 atom stereocenters. The number of benzene rings is 1. The summed E-state index contributed by atoms with van der Waals surface area (Å²) in [5, 5.41) is 3.70. The normalized spacial score (nSPS) is 15.6. The maximum Gasteiger partial charge on any atom is 0.341 e. The molecule has 1 N–H and O–H groups in total. The average Bonchev–Trinajstić information content (AvgIpc) is 3.01. The Morgan fingerprint density at radius 3 is 2.76 bits per heavy atom. The number of ether oxygens (including phenoxy) is 1. The Morgan fingerprint density at radius 2 is 2.00 bits per heavy atom. The number of methoxy groups -OCH3 is 1. The Morgan fingerprint density at radius 1 is 1.24 bits per heavy atom. The Balaban J connectivity index is 1.94. The van der Waals surface area contributed by atoms with Crippen molar-refractivity contribution in [3.05, 3.63) is 41.5 Å². The number of carbonyl (C=O) groups is 1. The van der Waals surface area contributed by atoms with Crippen LogP contribution in [0.15, 0.2) is 30.3 Å². The summed E-state index contributed by atoms with van der Waals surface area (Å²) >= 11 is 0. The first-order valence-electron chi connectivity index (χ1n) is 8.94. The van der Waals surface area contributed by atoms with Crippen LogP contribution in [-0.4, -0.2) is 28.5 Å². The van der Waals surface area contributed by atoms with E-state index < -0.39 is 0 Å². The predicted molar refractivity (Wildman–Crippen MR) is 99.3 cm³/mol. The lowest BCUT2D eigenvalue weighted by molar-refractivity contribution is 0.0601. The molecule has 4 rings (SSSR count). The minimum absolute atomic E-state index is 0.345. The zero-order valence-electron chi connectivity index (χ0n) is 14.7.